The fourth-order valence-electron chi connectivity index (χ4n) is 1.41. The Kier molecular flexibility index (Phi) is 6.08. The van der Waals surface area contributed by atoms with Gasteiger partial charge in [-0.05, 0) is 24.1 Å². The topological polar surface area (TPSA) is 77.1 Å². The summed E-state index contributed by atoms with van der Waals surface area (Å²) >= 11 is 0. The maximum absolute atomic E-state index is 13.1. The molecule has 0 spiro atoms. The van der Waals surface area contributed by atoms with Gasteiger partial charge in [0.1, 0.15) is 18.2 Å². The minimum Gasteiger partial charge on any atom is -0.490 e. The zero-order chi connectivity index (χ0) is 14.3. The summed E-state index contributed by atoms with van der Waals surface area (Å²) in [7, 11) is 0. The van der Waals surface area contributed by atoms with Crippen LogP contribution in [-0.2, 0) is 4.74 Å². The number of oxime groups is 1. The van der Waals surface area contributed by atoms with Crippen LogP contribution in [0.1, 0.15) is 19.4 Å². The lowest BCUT2D eigenvalue weighted by Crippen LogP contribution is -2.17. The highest BCUT2D eigenvalue weighted by Gasteiger charge is 2.10. The van der Waals surface area contributed by atoms with Crippen LogP contribution in [0.5, 0.6) is 5.75 Å². The molecule has 0 saturated heterocycles. The number of hydrogen-bond donors (Lipinski definition) is 2. The lowest BCUT2D eigenvalue weighted by atomic mass is 10.2. The Hall–Kier alpha value is -1.82. The summed E-state index contributed by atoms with van der Waals surface area (Å²) in [6.07, 6.45) is 0. The van der Waals surface area contributed by atoms with E-state index < -0.39 is 5.82 Å². The summed E-state index contributed by atoms with van der Waals surface area (Å²) in [4.78, 5) is 0. The molecule has 0 saturated carbocycles. The molecule has 0 radical (unpaired) electrons. The van der Waals surface area contributed by atoms with E-state index in [1.54, 1.807) is 0 Å². The van der Waals surface area contributed by atoms with Gasteiger partial charge in [-0.15, -0.1) is 0 Å². The molecular formula is C13H19FN2O3. The van der Waals surface area contributed by atoms with Gasteiger partial charge in [0.15, 0.2) is 5.84 Å². The second-order valence-electron chi connectivity index (χ2n) is 4.44. The molecule has 0 atom stereocenters. The SMILES string of the molecule is CC(C)COCCOc1ccc(F)cc1/C(N)=N/O. The summed E-state index contributed by atoms with van der Waals surface area (Å²) in [5.74, 6) is 0.131. The van der Waals surface area contributed by atoms with E-state index in [2.05, 4.69) is 19.0 Å². The third-order valence-corrected chi connectivity index (χ3v) is 2.26. The van der Waals surface area contributed by atoms with Crippen molar-refractivity contribution in [3.05, 3.63) is 29.6 Å². The number of amidine groups is 1. The van der Waals surface area contributed by atoms with E-state index >= 15 is 0 Å². The Morgan fingerprint density at radius 2 is 2.16 bits per heavy atom. The number of hydrogen-bond acceptors (Lipinski definition) is 4. The molecule has 0 fully saturated rings. The highest BCUT2D eigenvalue weighted by atomic mass is 19.1. The van der Waals surface area contributed by atoms with Crippen LogP contribution in [-0.4, -0.2) is 30.9 Å². The van der Waals surface area contributed by atoms with Gasteiger partial charge >= 0.3 is 0 Å². The number of rotatable bonds is 7. The highest BCUT2D eigenvalue weighted by Crippen LogP contribution is 2.19. The Balaban J connectivity index is 2.58. The van der Waals surface area contributed by atoms with Gasteiger partial charge in [-0.2, -0.15) is 0 Å². The van der Waals surface area contributed by atoms with Crippen LogP contribution in [0.2, 0.25) is 0 Å². The third kappa shape index (κ3) is 5.13. The van der Waals surface area contributed by atoms with Crippen LogP contribution in [0.15, 0.2) is 23.4 Å². The van der Waals surface area contributed by atoms with Crippen molar-refractivity contribution in [2.45, 2.75) is 13.8 Å². The van der Waals surface area contributed by atoms with Crippen molar-refractivity contribution in [3.8, 4) is 5.75 Å². The van der Waals surface area contributed by atoms with E-state index in [1.807, 2.05) is 0 Å². The summed E-state index contributed by atoms with van der Waals surface area (Å²) < 4.78 is 23.9. The van der Waals surface area contributed by atoms with Crippen molar-refractivity contribution in [2.75, 3.05) is 19.8 Å². The normalized spacial score (nSPS) is 11.9. The molecule has 1 aromatic carbocycles. The van der Waals surface area contributed by atoms with Gasteiger partial charge in [0.25, 0.3) is 0 Å². The average molecular weight is 270 g/mol. The molecule has 0 aliphatic carbocycles. The van der Waals surface area contributed by atoms with Gasteiger partial charge in [-0.25, -0.2) is 4.39 Å². The lowest BCUT2D eigenvalue weighted by Gasteiger charge is -2.11. The van der Waals surface area contributed by atoms with E-state index in [0.29, 0.717) is 31.5 Å². The Morgan fingerprint density at radius 3 is 2.79 bits per heavy atom. The molecular weight excluding hydrogens is 251 g/mol. The molecule has 0 aromatic heterocycles. The van der Waals surface area contributed by atoms with Crippen molar-refractivity contribution < 1.29 is 19.1 Å². The first kappa shape index (κ1) is 15.2. The smallest absolute Gasteiger partial charge is 0.173 e. The Morgan fingerprint density at radius 1 is 1.42 bits per heavy atom. The first-order chi connectivity index (χ1) is 9.04. The number of nitrogens with two attached hydrogens (primary N) is 1. The number of nitrogens with zero attached hydrogens (tertiary/aromatic N) is 1. The molecule has 0 amide bonds. The fraction of sp³-hybridized carbons (Fsp3) is 0.462. The maximum atomic E-state index is 13.1. The minimum atomic E-state index is -0.481. The van der Waals surface area contributed by atoms with Crippen molar-refractivity contribution in [3.63, 3.8) is 0 Å². The van der Waals surface area contributed by atoms with Crippen molar-refractivity contribution in [1.29, 1.82) is 0 Å². The molecule has 5 nitrogen and oxygen atoms in total. The first-order valence-corrected chi connectivity index (χ1v) is 6.02. The molecule has 0 unspecified atom stereocenters. The van der Waals surface area contributed by atoms with Crippen LogP contribution in [0.3, 0.4) is 0 Å². The van der Waals surface area contributed by atoms with Crippen LogP contribution < -0.4 is 10.5 Å². The van der Waals surface area contributed by atoms with Crippen LogP contribution >= 0.6 is 0 Å². The van der Waals surface area contributed by atoms with Crippen LogP contribution in [0.4, 0.5) is 4.39 Å². The maximum Gasteiger partial charge on any atom is 0.173 e. The molecule has 6 heteroatoms. The number of benzene rings is 1. The van der Waals surface area contributed by atoms with E-state index in [1.165, 1.54) is 12.1 Å². The molecule has 0 aliphatic rings. The third-order valence-electron chi connectivity index (χ3n) is 2.26. The molecule has 1 rings (SSSR count). The predicted molar refractivity (Wildman–Crippen MR) is 70.1 cm³/mol. The van der Waals surface area contributed by atoms with Gasteiger partial charge < -0.3 is 20.4 Å². The van der Waals surface area contributed by atoms with Crippen molar-refractivity contribution in [1.82, 2.24) is 0 Å². The quantitative estimate of drug-likeness (QED) is 0.261. The summed E-state index contributed by atoms with van der Waals surface area (Å²) in [5.41, 5.74) is 5.67. The zero-order valence-electron chi connectivity index (χ0n) is 11.1. The molecule has 0 bridgehead atoms. The molecule has 19 heavy (non-hydrogen) atoms. The van der Waals surface area contributed by atoms with E-state index in [0.717, 1.165) is 6.07 Å². The average Bonchev–Trinajstić information content (AvgIpc) is 2.38. The van der Waals surface area contributed by atoms with Crippen LogP contribution in [0, 0.1) is 11.7 Å². The molecule has 0 aliphatic heterocycles. The largest absolute Gasteiger partial charge is 0.490 e. The van der Waals surface area contributed by atoms with Gasteiger partial charge in [0, 0.05) is 6.61 Å². The first-order valence-electron chi connectivity index (χ1n) is 6.02. The number of ether oxygens (including phenoxy) is 2. The summed E-state index contributed by atoms with van der Waals surface area (Å²) in [5, 5.41) is 11.5. The lowest BCUT2D eigenvalue weighted by molar-refractivity contribution is 0.0818. The number of halogens is 1. The molecule has 0 heterocycles. The van der Waals surface area contributed by atoms with E-state index in [9.17, 15) is 4.39 Å². The van der Waals surface area contributed by atoms with Crippen molar-refractivity contribution in [2.24, 2.45) is 16.8 Å². The Bertz CT molecular complexity index is 436. The second kappa shape index (κ2) is 7.58. The monoisotopic (exact) mass is 270 g/mol. The van der Waals surface area contributed by atoms with E-state index in [4.69, 9.17) is 20.4 Å². The molecule has 1 aromatic rings. The molecule has 106 valence electrons. The molecule has 3 N–H and O–H groups in total. The van der Waals surface area contributed by atoms with Crippen LogP contribution in [0.25, 0.3) is 0 Å². The summed E-state index contributed by atoms with van der Waals surface area (Å²) in [6, 6.07) is 3.84. The second-order valence-corrected chi connectivity index (χ2v) is 4.44. The van der Waals surface area contributed by atoms with Gasteiger partial charge in [-0.3, -0.25) is 0 Å². The van der Waals surface area contributed by atoms with Gasteiger partial charge in [0.2, 0.25) is 0 Å². The van der Waals surface area contributed by atoms with Gasteiger partial charge in [0.05, 0.1) is 12.2 Å². The highest BCUT2D eigenvalue weighted by molar-refractivity contribution is 5.99. The minimum absolute atomic E-state index is 0.197. The standard InChI is InChI=1S/C13H19FN2O3/c1-9(2)8-18-5-6-19-12-4-3-10(14)7-11(12)13(15)16-17/h3-4,7,9,17H,5-6,8H2,1-2H3,(H2,15,16). The Labute approximate surface area is 111 Å². The zero-order valence-corrected chi connectivity index (χ0v) is 11.1. The van der Waals surface area contributed by atoms with E-state index in [-0.39, 0.29) is 11.4 Å². The van der Waals surface area contributed by atoms with Gasteiger partial charge in [-0.1, -0.05) is 19.0 Å². The van der Waals surface area contributed by atoms with Crippen molar-refractivity contribution >= 4 is 5.84 Å². The fourth-order valence-corrected chi connectivity index (χ4v) is 1.41. The summed E-state index contributed by atoms with van der Waals surface area (Å²) in [6.45, 7) is 5.49. The predicted octanol–water partition coefficient (Wildman–Crippen LogP) is 1.97.